The number of nitrogens with zero attached hydrogens (tertiary/aromatic N) is 1. The zero-order chi connectivity index (χ0) is 26.6. The Balaban J connectivity index is 1.26. The Kier molecular flexibility index (Phi) is 7.87. The van der Waals surface area contributed by atoms with E-state index in [-0.39, 0.29) is 23.3 Å². The molecule has 6 heteroatoms. The van der Waals surface area contributed by atoms with Crippen LogP contribution in [0.5, 0.6) is 0 Å². The summed E-state index contributed by atoms with van der Waals surface area (Å²) >= 11 is 6.18. The molecule has 2 amide bonds. The van der Waals surface area contributed by atoms with Crippen LogP contribution in [0.3, 0.4) is 0 Å². The van der Waals surface area contributed by atoms with Crippen molar-refractivity contribution in [3.8, 4) is 0 Å². The van der Waals surface area contributed by atoms with Crippen molar-refractivity contribution in [2.24, 2.45) is 5.92 Å². The zero-order valence-corrected chi connectivity index (χ0v) is 22.7. The van der Waals surface area contributed by atoms with Gasteiger partial charge in [0.15, 0.2) is 0 Å². The number of rotatable bonds is 9. The number of piperidine rings is 1. The molecule has 3 aromatic rings. The largest absolute Gasteiger partial charge is 0.355 e. The summed E-state index contributed by atoms with van der Waals surface area (Å²) in [6.07, 6.45) is 3.34. The maximum atomic E-state index is 13.7. The summed E-state index contributed by atoms with van der Waals surface area (Å²) in [6.45, 7) is 4.82. The number of carbonyl (C=O) groups is 2. The van der Waals surface area contributed by atoms with Gasteiger partial charge in [0.2, 0.25) is 11.8 Å². The highest BCUT2D eigenvalue weighted by atomic mass is 35.5. The van der Waals surface area contributed by atoms with Gasteiger partial charge in [-0.05, 0) is 60.4 Å². The smallest absolute Gasteiger partial charge is 0.231 e. The maximum Gasteiger partial charge on any atom is 0.231 e. The number of hydrogen-bond acceptors (Lipinski definition) is 3. The summed E-state index contributed by atoms with van der Waals surface area (Å²) in [5.41, 5.74) is 2.56. The number of likely N-dealkylation sites (tertiary alicyclic amines) is 1. The first-order valence-electron chi connectivity index (χ1n) is 13.6. The molecule has 2 unspecified atom stereocenters. The third-order valence-electron chi connectivity index (χ3n) is 8.34. The first-order valence-corrected chi connectivity index (χ1v) is 13.9. The van der Waals surface area contributed by atoms with Crippen LogP contribution in [-0.2, 0) is 27.0 Å². The van der Waals surface area contributed by atoms with E-state index >= 15 is 0 Å². The molecular weight excluding hydrogens is 494 g/mol. The van der Waals surface area contributed by atoms with Crippen LogP contribution in [0.4, 0.5) is 0 Å². The Morgan fingerprint density at radius 2 is 1.53 bits per heavy atom. The second-order valence-corrected chi connectivity index (χ2v) is 11.2. The van der Waals surface area contributed by atoms with Crippen LogP contribution in [0, 0.1) is 5.92 Å². The number of hydrogen-bond donors (Lipinski definition) is 2. The molecule has 2 aliphatic rings. The number of halogens is 1. The topological polar surface area (TPSA) is 61.4 Å². The fourth-order valence-corrected chi connectivity index (χ4v) is 6.32. The van der Waals surface area contributed by atoms with E-state index in [0.717, 1.165) is 56.4 Å². The van der Waals surface area contributed by atoms with Crippen molar-refractivity contribution in [3.63, 3.8) is 0 Å². The summed E-state index contributed by atoms with van der Waals surface area (Å²) in [5.74, 6) is 0.346. The van der Waals surface area contributed by atoms with Crippen molar-refractivity contribution >= 4 is 23.4 Å². The minimum atomic E-state index is -0.521. The van der Waals surface area contributed by atoms with Crippen molar-refractivity contribution in [1.29, 1.82) is 0 Å². The van der Waals surface area contributed by atoms with Gasteiger partial charge >= 0.3 is 0 Å². The SMILES string of the molecule is CC(=O)NC1(c2ccccc2)CCN(CC2CC2(C(=O)NCCc2ccccc2)c2ccc(Cl)cc2)CC1. The molecular formula is C32H36ClN3O2. The number of nitrogens with one attached hydrogen (secondary N) is 2. The number of benzene rings is 3. The van der Waals surface area contributed by atoms with E-state index in [4.69, 9.17) is 11.6 Å². The normalized spacial score (nSPS) is 22.4. The molecule has 1 saturated heterocycles. The van der Waals surface area contributed by atoms with Crippen LogP contribution in [0.1, 0.15) is 42.9 Å². The predicted octanol–water partition coefficient (Wildman–Crippen LogP) is 5.08. The molecule has 0 spiro atoms. The monoisotopic (exact) mass is 529 g/mol. The highest BCUT2D eigenvalue weighted by molar-refractivity contribution is 6.30. The molecule has 5 nitrogen and oxygen atoms in total. The Morgan fingerprint density at radius 3 is 2.16 bits per heavy atom. The zero-order valence-electron chi connectivity index (χ0n) is 22.0. The van der Waals surface area contributed by atoms with Crippen LogP contribution in [-0.4, -0.2) is 42.9 Å². The fourth-order valence-electron chi connectivity index (χ4n) is 6.19. The molecule has 0 bridgehead atoms. The fraction of sp³-hybridized carbons (Fsp3) is 0.375. The van der Waals surface area contributed by atoms with Gasteiger partial charge in [-0.3, -0.25) is 9.59 Å². The summed E-state index contributed by atoms with van der Waals surface area (Å²) < 4.78 is 0. The third kappa shape index (κ3) is 5.64. The van der Waals surface area contributed by atoms with Gasteiger partial charge < -0.3 is 15.5 Å². The van der Waals surface area contributed by atoms with Crippen LogP contribution in [0.15, 0.2) is 84.9 Å². The molecule has 198 valence electrons. The van der Waals surface area contributed by atoms with Gasteiger partial charge in [0.25, 0.3) is 0 Å². The molecule has 3 aromatic carbocycles. The lowest BCUT2D eigenvalue weighted by Gasteiger charge is -2.43. The first-order chi connectivity index (χ1) is 18.4. The van der Waals surface area contributed by atoms with Crippen LogP contribution >= 0.6 is 11.6 Å². The van der Waals surface area contributed by atoms with Gasteiger partial charge in [-0.25, -0.2) is 0 Å². The van der Waals surface area contributed by atoms with Crippen LogP contribution in [0.25, 0.3) is 0 Å². The molecule has 0 aromatic heterocycles. The Labute approximate surface area is 230 Å². The van der Waals surface area contributed by atoms with E-state index in [2.05, 4.69) is 39.8 Å². The summed E-state index contributed by atoms with van der Waals surface area (Å²) in [4.78, 5) is 28.2. The summed E-state index contributed by atoms with van der Waals surface area (Å²) in [6, 6.07) is 28.3. The van der Waals surface area contributed by atoms with Gasteiger partial charge in [-0.2, -0.15) is 0 Å². The molecule has 2 fully saturated rings. The molecule has 2 N–H and O–H groups in total. The lowest BCUT2D eigenvalue weighted by Crippen LogP contribution is -2.53. The van der Waals surface area contributed by atoms with Crippen molar-refractivity contribution in [1.82, 2.24) is 15.5 Å². The van der Waals surface area contributed by atoms with Crippen LogP contribution in [0.2, 0.25) is 5.02 Å². The molecule has 0 radical (unpaired) electrons. The van der Waals surface area contributed by atoms with E-state index in [9.17, 15) is 9.59 Å². The average molecular weight is 530 g/mol. The molecule has 5 rings (SSSR count). The summed E-state index contributed by atoms with van der Waals surface area (Å²) in [5, 5.41) is 7.17. The highest BCUT2D eigenvalue weighted by Gasteiger charge is 2.61. The van der Waals surface area contributed by atoms with Crippen molar-refractivity contribution in [2.45, 2.75) is 43.6 Å². The molecule has 1 aliphatic carbocycles. The summed E-state index contributed by atoms with van der Waals surface area (Å²) in [7, 11) is 0. The highest BCUT2D eigenvalue weighted by Crippen LogP contribution is 2.55. The van der Waals surface area contributed by atoms with E-state index in [0.29, 0.717) is 11.6 Å². The number of amides is 2. The standard InChI is InChI=1S/C32H36ClN3O2/c1-24(37)35-31(26-10-6-3-7-11-26)17-20-36(21-18-31)23-28-22-32(28,27-12-14-29(33)15-13-27)30(38)34-19-16-25-8-4-2-5-9-25/h2-15,28H,16-23H2,1H3,(H,34,38)(H,35,37). The van der Waals surface area contributed by atoms with Crippen molar-refractivity contribution in [3.05, 3.63) is 107 Å². The van der Waals surface area contributed by atoms with Gasteiger partial charge in [0.05, 0.1) is 11.0 Å². The lowest BCUT2D eigenvalue weighted by atomic mass is 9.80. The van der Waals surface area contributed by atoms with Gasteiger partial charge in [0, 0.05) is 38.1 Å². The Morgan fingerprint density at radius 1 is 0.895 bits per heavy atom. The van der Waals surface area contributed by atoms with Gasteiger partial charge in [-0.1, -0.05) is 84.4 Å². The van der Waals surface area contributed by atoms with E-state index in [1.807, 2.05) is 60.7 Å². The molecule has 1 aliphatic heterocycles. The minimum absolute atomic E-state index is 0.00146. The van der Waals surface area contributed by atoms with E-state index in [1.54, 1.807) is 6.92 Å². The second-order valence-electron chi connectivity index (χ2n) is 10.8. The molecule has 1 saturated carbocycles. The quantitative estimate of drug-likeness (QED) is 0.406. The third-order valence-corrected chi connectivity index (χ3v) is 8.59. The second kappa shape index (κ2) is 11.3. The molecule has 38 heavy (non-hydrogen) atoms. The van der Waals surface area contributed by atoms with Gasteiger partial charge in [0.1, 0.15) is 0 Å². The van der Waals surface area contributed by atoms with E-state index < -0.39 is 5.41 Å². The Bertz CT molecular complexity index is 1240. The van der Waals surface area contributed by atoms with Gasteiger partial charge in [-0.15, -0.1) is 0 Å². The van der Waals surface area contributed by atoms with Crippen molar-refractivity contribution in [2.75, 3.05) is 26.2 Å². The van der Waals surface area contributed by atoms with Crippen molar-refractivity contribution < 1.29 is 9.59 Å². The molecule has 2 atom stereocenters. The average Bonchev–Trinajstić information content (AvgIpc) is 3.66. The maximum absolute atomic E-state index is 13.7. The van der Waals surface area contributed by atoms with E-state index in [1.165, 1.54) is 5.56 Å². The predicted molar refractivity (Wildman–Crippen MR) is 152 cm³/mol. The molecule has 1 heterocycles. The first kappa shape index (κ1) is 26.5. The lowest BCUT2D eigenvalue weighted by molar-refractivity contribution is -0.124. The number of carbonyl (C=O) groups excluding carboxylic acids is 2. The van der Waals surface area contributed by atoms with Crippen LogP contribution < -0.4 is 10.6 Å². The Hall–Kier alpha value is -3.15. The minimum Gasteiger partial charge on any atom is -0.355 e.